The van der Waals surface area contributed by atoms with E-state index in [1.165, 1.54) is 0 Å². The second-order valence-corrected chi connectivity index (χ2v) is 4.27. The number of aryl methyl sites for hydroxylation is 1. The molecule has 1 N–H and O–H groups in total. The van der Waals surface area contributed by atoms with Crippen LogP contribution < -0.4 is 9.47 Å². The number of rotatable bonds is 0. The zero-order valence-electron chi connectivity index (χ0n) is 8.87. The maximum atomic E-state index is 5.54. The molecule has 0 saturated heterocycles. The number of aromatic amines is 1. The van der Waals surface area contributed by atoms with Gasteiger partial charge < -0.3 is 14.5 Å². The molecule has 1 aromatic heterocycles. The van der Waals surface area contributed by atoms with Gasteiger partial charge in [-0.15, -0.1) is 0 Å². The van der Waals surface area contributed by atoms with E-state index in [9.17, 15) is 0 Å². The van der Waals surface area contributed by atoms with Gasteiger partial charge in [0.15, 0.2) is 11.5 Å². The lowest BCUT2D eigenvalue weighted by Crippen LogP contribution is -2.15. The zero-order valence-corrected chi connectivity index (χ0v) is 9.69. The predicted octanol–water partition coefficient (Wildman–Crippen LogP) is 2.98. The van der Waals surface area contributed by atoms with Gasteiger partial charge in [0.2, 0.25) is 0 Å². The summed E-state index contributed by atoms with van der Waals surface area (Å²) < 4.78 is 11.8. The lowest BCUT2D eigenvalue weighted by molar-refractivity contribution is 0.172. The van der Waals surface area contributed by atoms with Crippen LogP contribution in [-0.2, 0) is 0 Å². The highest BCUT2D eigenvalue weighted by Gasteiger charge is 2.12. The van der Waals surface area contributed by atoms with E-state index in [2.05, 4.69) is 11.1 Å². The van der Waals surface area contributed by atoms with Crippen molar-refractivity contribution in [1.82, 2.24) is 4.98 Å². The van der Waals surface area contributed by atoms with Crippen molar-refractivity contribution in [2.75, 3.05) is 13.2 Å². The van der Waals surface area contributed by atoms with Crippen LogP contribution in [0.4, 0.5) is 0 Å². The molecule has 0 spiro atoms. The lowest BCUT2D eigenvalue weighted by Gasteiger charge is -2.18. The number of hydrogen-bond donors (Lipinski definition) is 1. The van der Waals surface area contributed by atoms with Crippen molar-refractivity contribution in [3.8, 4) is 11.5 Å². The van der Waals surface area contributed by atoms with Crippen molar-refractivity contribution in [2.24, 2.45) is 0 Å². The van der Waals surface area contributed by atoms with E-state index in [-0.39, 0.29) is 0 Å². The van der Waals surface area contributed by atoms with Crippen LogP contribution in [0.5, 0.6) is 11.5 Å². The van der Waals surface area contributed by atoms with Crippen LogP contribution in [0.1, 0.15) is 5.56 Å². The number of H-pyrrole nitrogens is 1. The van der Waals surface area contributed by atoms with Crippen LogP contribution in [0.2, 0.25) is 0 Å². The summed E-state index contributed by atoms with van der Waals surface area (Å²) in [5.74, 6) is 1.59. The van der Waals surface area contributed by atoms with Crippen molar-refractivity contribution in [1.29, 1.82) is 0 Å². The average molecular weight is 233 g/mol. The summed E-state index contributed by atoms with van der Waals surface area (Å²) in [6.45, 7) is 3.21. The number of fused-ring (bicyclic) bond motifs is 2. The lowest BCUT2D eigenvalue weighted by atomic mass is 10.1. The molecule has 0 amide bonds. The average Bonchev–Trinajstić information content (AvgIpc) is 2.28. The highest BCUT2D eigenvalue weighted by molar-refractivity contribution is 7.71. The first-order valence-electron chi connectivity index (χ1n) is 5.17. The molecule has 0 unspecified atom stereocenters. The molecule has 3 nitrogen and oxygen atoms in total. The van der Waals surface area contributed by atoms with Crippen LogP contribution >= 0.6 is 12.2 Å². The fraction of sp³-hybridized carbons (Fsp3) is 0.250. The Morgan fingerprint density at radius 1 is 1.12 bits per heavy atom. The molecule has 0 fully saturated rings. The fourth-order valence-electron chi connectivity index (χ4n) is 1.85. The molecule has 0 bridgehead atoms. The molecule has 2 heterocycles. The number of hydrogen-bond acceptors (Lipinski definition) is 3. The molecule has 0 saturated carbocycles. The molecule has 3 rings (SSSR count). The van der Waals surface area contributed by atoms with Gasteiger partial charge in [-0.1, -0.05) is 12.2 Å². The summed E-state index contributed by atoms with van der Waals surface area (Å²) in [6, 6.07) is 5.99. The Kier molecular flexibility index (Phi) is 2.11. The number of pyridine rings is 1. The van der Waals surface area contributed by atoms with Crippen molar-refractivity contribution >= 4 is 23.1 Å². The van der Waals surface area contributed by atoms with Gasteiger partial charge in [0.1, 0.15) is 17.9 Å². The first-order chi connectivity index (χ1) is 7.74. The Morgan fingerprint density at radius 2 is 1.81 bits per heavy atom. The van der Waals surface area contributed by atoms with Crippen LogP contribution in [0, 0.1) is 11.6 Å². The molecule has 0 atom stereocenters. The molecule has 0 aliphatic carbocycles. The van der Waals surface area contributed by atoms with Crippen LogP contribution in [0.3, 0.4) is 0 Å². The number of benzene rings is 1. The van der Waals surface area contributed by atoms with Gasteiger partial charge in [-0.05, 0) is 24.6 Å². The maximum Gasteiger partial charge on any atom is 0.163 e. The number of nitrogens with one attached hydrogen (secondary N) is 1. The molecule has 0 radical (unpaired) electrons. The van der Waals surface area contributed by atoms with Crippen LogP contribution in [0.25, 0.3) is 10.9 Å². The molecule has 1 aliphatic heterocycles. The van der Waals surface area contributed by atoms with E-state index in [0.29, 0.717) is 13.2 Å². The standard InChI is InChI=1S/C12H11NO2S/c1-7-4-8-5-10-11(15-3-2-14-10)6-9(8)13-12(7)16/h4-6H,2-3H2,1H3,(H,13,16). The minimum Gasteiger partial charge on any atom is -0.486 e. The van der Waals surface area contributed by atoms with E-state index >= 15 is 0 Å². The van der Waals surface area contributed by atoms with E-state index in [4.69, 9.17) is 21.7 Å². The highest BCUT2D eigenvalue weighted by atomic mass is 32.1. The van der Waals surface area contributed by atoms with Crippen LogP contribution in [-0.4, -0.2) is 18.2 Å². The second kappa shape index (κ2) is 3.49. The molecule has 16 heavy (non-hydrogen) atoms. The summed E-state index contributed by atoms with van der Waals surface area (Å²) in [5.41, 5.74) is 2.05. The number of ether oxygens (including phenoxy) is 2. The zero-order chi connectivity index (χ0) is 11.1. The SMILES string of the molecule is Cc1cc2cc3c(cc2[nH]c1=S)OCCO3. The summed E-state index contributed by atoms with van der Waals surface area (Å²) >= 11 is 5.21. The largest absolute Gasteiger partial charge is 0.486 e. The van der Waals surface area contributed by atoms with E-state index in [1.807, 2.05) is 19.1 Å². The van der Waals surface area contributed by atoms with Crippen molar-refractivity contribution in [3.63, 3.8) is 0 Å². The molecular formula is C12H11NO2S. The minimum absolute atomic E-state index is 0.602. The predicted molar refractivity (Wildman–Crippen MR) is 64.9 cm³/mol. The monoisotopic (exact) mass is 233 g/mol. The number of aromatic nitrogens is 1. The Hall–Kier alpha value is -1.55. The smallest absolute Gasteiger partial charge is 0.163 e. The van der Waals surface area contributed by atoms with Gasteiger partial charge in [0.25, 0.3) is 0 Å². The molecule has 1 aliphatic rings. The molecule has 4 heteroatoms. The summed E-state index contributed by atoms with van der Waals surface area (Å²) in [6.07, 6.45) is 0. The van der Waals surface area contributed by atoms with Gasteiger partial charge >= 0.3 is 0 Å². The summed E-state index contributed by atoms with van der Waals surface area (Å²) in [7, 11) is 0. The highest BCUT2D eigenvalue weighted by Crippen LogP contribution is 2.34. The van der Waals surface area contributed by atoms with Gasteiger partial charge in [-0.2, -0.15) is 0 Å². The van der Waals surface area contributed by atoms with E-state index in [0.717, 1.165) is 32.6 Å². The van der Waals surface area contributed by atoms with Gasteiger partial charge in [0, 0.05) is 11.5 Å². The Morgan fingerprint density at radius 3 is 2.56 bits per heavy atom. The van der Waals surface area contributed by atoms with Gasteiger partial charge in [-0.3, -0.25) is 0 Å². The molecule has 82 valence electrons. The first kappa shape index (κ1) is 9.66. The Bertz CT molecular complexity index is 618. The third-order valence-corrected chi connectivity index (χ3v) is 3.12. The fourth-order valence-corrected chi connectivity index (χ4v) is 2.02. The van der Waals surface area contributed by atoms with E-state index < -0.39 is 0 Å². The van der Waals surface area contributed by atoms with E-state index in [1.54, 1.807) is 0 Å². The summed E-state index contributed by atoms with van der Waals surface area (Å²) in [5, 5.41) is 1.09. The van der Waals surface area contributed by atoms with Crippen LogP contribution in [0.15, 0.2) is 18.2 Å². The van der Waals surface area contributed by atoms with Crippen molar-refractivity contribution < 1.29 is 9.47 Å². The molecule has 1 aromatic carbocycles. The second-order valence-electron chi connectivity index (χ2n) is 3.86. The minimum atomic E-state index is 0.602. The molecule has 2 aromatic rings. The van der Waals surface area contributed by atoms with Gasteiger partial charge in [0.05, 0.1) is 5.52 Å². The first-order valence-corrected chi connectivity index (χ1v) is 5.58. The van der Waals surface area contributed by atoms with Gasteiger partial charge in [-0.25, -0.2) is 0 Å². The Labute approximate surface area is 98.0 Å². The topological polar surface area (TPSA) is 34.2 Å². The summed E-state index contributed by atoms with van der Waals surface area (Å²) in [4.78, 5) is 3.19. The van der Waals surface area contributed by atoms with Crippen molar-refractivity contribution in [3.05, 3.63) is 28.4 Å². The normalized spacial score (nSPS) is 14.1. The van der Waals surface area contributed by atoms with Crippen molar-refractivity contribution in [2.45, 2.75) is 6.92 Å². The third kappa shape index (κ3) is 1.46. The third-order valence-electron chi connectivity index (χ3n) is 2.69. The molecular weight excluding hydrogens is 222 g/mol. The Balaban J connectivity index is 2.31. The maximum absolute atomic E-state index is 5.54. The quantitative estimate of drug-likeness (QED) is 0.710.